The Morgan fingerprint density at radius 2 is 2.00 bits per heavy atom. The van der Waals surface area contributed by atoms with Crippen LogP contribution in [-0.4, -0.2) is 18.1 Å². The molecule has 1 atom stereocenters. The first kappa shape index (κ1) is 11.2. The van der Waals surface area contributed by atoms with Gasteiger partial charge in [0.1, 0.15) is 0 Å². The van der Waals surface area contributed by atoms with Crippen LogP contribution in [0, 0.1) is 0 Å². The molecule has 1 amide bonds. The number of halogens is 3. The maximum Gasteiger partial charge on any atom is 0.471 e. The molecule has 0 radical (unpaired) electrons. The second-order valence-electron chi connectivity index (χ2n) is 4.03. The lowest BCUT2D eigenvalue weighted by molar-refractivity contribution is -0.174. The van der Waals surface area contributed by atoms with E-state index in [4.69, 9.17) is 0 Å². The van der Waals surface area contributed by atoms with E-state index in [0.29, 0.717) is 6.42 Å². The minimum absolute atomic E-state index is 0.458. The third-order valence-corrected chi connectivity index (χ3v) is 2.93. The molecule has 0 saturated heterocycles. The third kappa shape index (κ3) is 2.13. The molecule has 2 nitrogen and oxygen atoms in total. The van der Waals surface area contributed by atoms with Gasteiger partial charge in [-0.05, 0) is 36.8 Å². The monoisotopic (exact) mass is 231 g/mol. The van der Waals surface area contributed by atoms with E-state index in [-0.39, 0.29) is 0 Å². The van der Waals surface area contributed by atoms with Crippen molar-refractivity contribution in [2.45, 2.75) is 37.9 Å². The predicted octanol–water partition coefficient (Wildman–Crippen LogP) is 2.47. The van der Waals surface area contributed by atoms with Gasteiger partial charge in [-0.25, -0.2) is 0 Å². The quantitative estimate of drug-likeness (QED) is 0.738. The van der Waals surface area contributed by atoms with Crippen molar-refractivity contribution in [3.63, 3.8) is 0 Å². The van der Waals surface area contributed by atoms with Gasteiger partial charge in [0.05, 0.1) is 6.04 Å². The standard InChI is InChI=1S/C11H12F3NO/c12-11(13,14)10(16)15-9-6-5-7-3-1-2-4-8(7)9/h3-4,9H,1-2,5-6H2,(H,15,16)/t9-/m1/s1. The lowest BCUT2D eigenvalue weighted by atomic mass is 9.99. The van der Waals surface area contributed by atoms with Gasteiger partial charge in [-0.3, -0.25) is 4.79 Å². The molecule has 2 rings (SSSR count). The second-order valence-corrected chi connectivity index (χ2v) is 4.03. The van der Waals surface area contributed by atoms with Gasteiger partial charge in [-0.15, -0.1) is 0 Å². The maximum atomic E-state index is 12.1. The van der Waals surface area contributed by atoms with Crippen LogP contribution in [0.1, 0.15) is 25.7 Å². The predicted molar refractivity (Wildman–Crippen MR) is 52.6 cm³/mol. The van der Waals surface area contributed by atoms with E-state index in [1.54, 1.807) is 0 Å². The fourth-order valence-corrected chi connectivity index (χ4v) is 2.20. The van der Waals surface area contributed by atoms with Crippen molar-refractivity contribution in [1.82, 2.24) is 5.32 Å². The highest BCUT2D eigenvalue weighted by atomic mass is 19.4. The molecule has 0 aromatic carbocycles. The molecule has 2 aliphatic rings. The van der Waals surface area contributed by atoms with E-state index in [1.165, 1.54) is 0 Å². The number of fused-ring (bicyclic) bond motifs is 1. The van der Waals surface area contributed by atoms with Crippen molar-refractivity contribution in [2.24, 2.45) is 0 Å². The summed E-state index contributed by atoms with van der Waals surface area (Å²) < 4.78 is 36.2. The maximum absolute atomic E-state index is 12.1. The number of alkyl halides is 3. The number of nitrogens with one attached hydrogen (secondary N) is 1. The van der Waals surface area contributed by atoms with Crippen LogP contribution in [0.2, 0.25) is 0 Å². The SMILES string of the molecule is O=C(N[C@@H]1CCC2=CCCC=C21)C(F)(F)F. The first-order valence-electron chi connectivity index (χ1n) is 5.25. The molecule has 16 heavy (non-hydrogen) atoms. The van der Waals surface area contributed by atoms with Gasteiger partial charge in [0, 0.05) is 0 Å². The number of carbonyl (C=O) groups is 1. The van der Waals surface area contributed by atoms with Crippen molar-refractivity contribution < 1.29 is 18.0 Å². The van der Waals surface area contributed by atoms with Gasteiger partial charge in [0.15, 0.2) is 0 Å². The highest BCUT2D eigenvalue weighted by Crippen LogP contribution is 2.34. The smallest absolute Gasteiger partial charge is 0.341 e. The van der Waals surface area contributed by atoms with E-state index in [9.17, 15) is 18.0 Å². The van der Waals surface area contributed by atoms with E-state index in [1.807, 2.05) is 11.4 Å². The normalized spacial score (nSPS) is 24.6. The summed E-state index contributed by atoms with van der Waals surface area (Å²) in [6, 6.07) is -0.458. The summed E-state index contributed by atoms with van der Waals surface area (Å²) in [5, 5.41) is 2.04. The highest BCUT2D eigenvalue weighted by molar-refractivity contribution is 5.82. The van der Waals surface area contributed by atoms with Crippen LogP contribution >= 0.6 is 0 Å². The zero-order chi connectivity index (χ0) is 11.8. The molecule has 0 spiro atoms. The molecule has 2 aliphatic carbocycles. The molecule has 1 N–H and O–H groups in total. The molecular weight excluding hydrogens is 219 g/mol. The molecule has 5 heteroatoms. The molecule has 0 aromatic heterocycles. The van der Waals surface area contributed by atoms with Crippen LogP contribution in [-0.2, 0) is 4.79 Å². The van der Waals surface area contributed by atoms with E-state index < -0.39 is 18.1 Å². The molecule has 88 valence electrons. The molecule has 0 aliphatic heterocycles. The van der Waals surface area contributed by atoms with E-state index in [2.05, 4.69) is 6.08 Å². The average molecular weight is 231 g/mol. The number of carbonyl (C=O) groups excluding carboxylic acids is 1. The Kier molecular flexibility index (Phi) is 2.78. The number of hydrogen-bond acceptors (Lipinski definition) is 1. The van der Waals surface area contributed by atoms with Crippen LogP contribution in [0.4, 0.5) is 13.2 Å². The van der Waals surface area contributed by atoms with Crippen molar-refractivity contribution >= 4 is 5.91 Å². The summed E-state index contributed by atoms with van der Waals surface area (Å²) in [6.45, 7) is 0. The average Bonchev–Trinajstić information content (AvgIpc) is 2.61. The molecule has 0 aromatic rings. The lowest BCUT2D eigenvalue weighted by Crippen LogP contribution is -2.42. The molecular formula is C11H12F3NO. The Morgan fingerprint density at radius 3 is 2.69 bits per heavy atom. The number of allylic oxidation sites excluding steroid dienone is 2. The molecule has 0 heterocycles. The van der Waals surface area contributed by atoms with E-state index in [0.717, 1.165) is 30.4 Å². The second kappa shape index (κ2) is 3.96. The third-order valence-electron chi connectivity index (χ3n) is 2.93. The Labute approximate surface area is 91.2 Å². The minimum Gasteiger partial charge on any atom is -0.341 e. The Balaban J connectivity index is 2.05. The largest absolute Gasteiger partial charge is 0.471 e. The molecule has 0 bridgehead atoms. The van der Waals surface area contributed by atoms with Crippen LogP contribution in [0.3, 0.4) is 0 Å². The van der Waals surface area contributed by atoms with Gasteiger partial charge < -0.3 is 5.32 Å². The van der Waals surface area contributed by atoms with Gasteiger partial charge in [-0.2, -0.15) is 13.2 Å². The summed E-state index contributed by atoms with van der Waals surface area (Å²) in [6.07, 6.45) is 2.31. The Hall–Kier alpha value is -1.26. The first-order valence-corrected chi connectivity index (χ1v) is 5.25. The first-order chi connectivity index (χ1) is 7.48. The number of amides is 1. The molecule has 1 saturated carbocycles. The van der Waals surface area contributed by atoms with Crippen molar-refractivity contribution in [1.29, 1.82) is 0 Å². The fraction of sp³-hybridized carbons (Fsp3) is 0.545. The zero-order valence-electron chi connectivity index (χ0n) is 8.60. The number of hydrogen-bond donors (Lipinski definition) is 1. The fourth-order valence-electron chi connectivity index (χ4n) is 2.20. The van der Waals surface area contributed by atoms with Crippen LogP contribution in [0.25, 0.3) is 0 Å². The van der Waals surface area contributed by atoms with Crippen LogP contribution < -0.4 is 5.32 Å². The van der Waals surface area contributed by atoms with Crippen LogP contribution in [0.15, 0.2) is 23.3 Å². The summed E-state index contributed by atoms with van der Waals surface area (Å²) in [4.78, 5) is 10.8. The topological polar surface area (TPSA) is 29.1 Å². The molecule has 0 unspecified atom stereocenters. The molecule has 1 fully saturated rings. The van der Waals surface area contributed by atoms with E-state index >= 15 is 0 Å². The zero-order valence-corrected chi connectivity index (χ0v) is 8.60. The van der Waals surface area contributed by atoms with Gasteiger partial charge in [0.2, 0.25) is 0 Å². The van der Waals surface area contributed by atoms with Gasteiger partial charge >= 0.3 is 12.1 Å². The highest BCUT2D eigenvalue weighted by Gasteiger charge is 2.41. The summed E-state index contributed by atoms with van der Waals surface area (Å²) in [5.74, 6) is -1.84. The Bertz CT molecular complexity index is 368. The van der Waals surface area contributed by atoms with Gasteiger partial charge in [0.25, 0.3) is 0 Å². The minimum atomic E-state index is -4.79. The lowest BCUT2D eigenvalue weighted by Gasteiger charge is -2.17. The van der Waals surface area contributed by atoms with Crippen LogP contribution in [0.5, 0.6) is 0 Å². The van der Waals surface area contributed by atoms with Crippen molar-refractivity contribution in [2.75, 3.05) is 0 Å². The van der Waals surface area contributed by atoms with Crippen molar-refractivity contribution in [3.05, 3.63) is 23.3 Å². The van der Waals surface area contributed by atoms with Gasteiger partial charge in [-0.1, -0.05) is 12.2 Å². The summed E-state index contributed by atoms with van der Waals surface area (Å²) in [7, 11) is 0. The summed E-state index contributed by atoms with van der Waals surface area (Å²) in [5.41, 5.74) is 1.97. The number of rotatable bonds is 1. The Morgan fingerprint density at radius 1 is 1.31 bits per heavy atom. The van der Waals surface area contributed by atoms with Crippen molar-refractivity contribution in [3.8, 4) is 0 Å². The summed E-state index contributed by atoms with van der Waals surface area (Å²) >= 11 is 0.